The third kappa shape index (κ3) is 10.0. The van der Waals surface area contributed by atoms with Gasteiger partial charge in [0.1, 0.15) is 16.7 Å². The van der Waals surface area contributed by atoms with Crippen LogP contribution in [0.1, 0.15) is 45.2 Å². The first-order valence-corrected chi connectivity index (χ1v) is 15.0. The van der Waals surface area contributed by atoms with Crippen LogP contribution < -0.4 is 5.32 Å². The molecule has 2 aromatic rings. The van der Waals surface area contributed by atoms with Gasteiger partial charge in [-0.2, -0.15) is 0 Å². The van der Waals surface area contributed by atoms with Crippen LogP contribution in [0.25, 0.3) is 0 Å². The molecule has 44 heavy (non-hydrogen) atoms. The SMILES string of the molecule is CCOC(=O)N1CCC(Cc2nc(Cl)ccc2[N+](=O)[O-])CC1.CCOC(=O)N1CCC(Nc2ccc([N+](=O)[O-])c(Cl)n2)CC1. The van der Waals surface area contributed by atoms with Crippen molar-refractivity contribution in [2.45, 2.75) is 52.0 Å². The molecular formula is C27H35Cl2N7O8. The Morgan fingerprint density at radius 1 is 0.864 bits per heavy atom. The molecule has 17 heteroatoms. The Bertz CT molecular complexity index is 1320. The van der Waals surface area contributed by atoms with Gasteiger partial charge in [-0.15, -0.1) is 0 Å². The number of halogens is 2. The Balaban J connectivity index is 0.000000240. The first-order valence-electron chi connectivity index (χ1n) is 14.2. The highest BCUT2D eigenvalue weighted by molar-refractivity contribution is 6.31. The molecule has 2 aromatic heterocycles. The van der Waals surface area contributed by atoms with Gasteiger partial charge in [-0.3, -0.25) is 20.2 Å². The fourth-order valence-electron chi connectivity index (χ4n) is 4.87. The molecule has 2 saturated heterocycles. The monoisotopic (exact) mass is 655 g/mol. The molecule has 0 radical (unpaired) electrons. The molecular weight excluding hydrogens is 621 g/mol. The summed E-state index contributed by atoms with van der Waals surface area (Å²) in [5.74, 6) is 0.737. The number of nitrogens with zero attached hydrogens (tertiary/aromatic N) is 6. The smallest absolute Gasteiger partial charge is 0.409 e. The number of pyridine rings is 2. The Kier molecular flexibility index (Phi) is 13.1. The van der Waals surface area contributed by atoms with Crippen molar-refractivity contribution in [2.24, 2.45) is 5.92 Å². The molecule has 4 rings (SSSR count). The summed E-state index contributed by atoms with van der Waals surface area (Å²) in [6, 6.07) is 5.80. The van der Waals surface area contributed by atoms with Crippen LogP contribution in [0.5, 0.6) is 0 Å². The Morgan fingerprint density at radius 2 is 1.39 bits per heavy atom. The van der Waals surface area contributed by atoms with Crippen molar-refractivity contribution in [1.82, 2.24) is 19.8 Å². The first-order chi connectivity index (χ1) is 21.0. The van der Waals surface area contributed by atoms with Gasteiger partial charge in [-0.25, -0.2) is 19.6 Å². The van der Waals surface area contributed by atoms with E-state index in [0.29, 0.717) is 57.3 Å². The molecule has 2 fully saturated rings. The topological polar surface area (TPSA) is 183 Å². The molecule has 2 aliphatic heterocycles. The second-order valence-electron chi connectivity index (χ2n) is 10.1. The van der Waals surface area contributed by atoms with Crippen molar-refractivity contribution in [1.29, 1.82) is 0 Å². The number of carbonyl (C=O) groups excluding carboxylic acids is 2. The molecule has 2 aliphatic rings. The molecule has 15 nitrogen and oxygen atoms in total. The second kappa shape index (κ2) is 16.8. The molecule has 2 amide bonds. The zero-order chi connectivity index (χ0) is 32.2. The molecule has 0 bridgehead atoms. The third-order valence-corrected chi connectivity index (χ3v) is 7.62. The standard InChI is InChI=1S/C14H18ClN3O4.C13H17ClN4O4/c1-2-22-14(19)17-7-5-10(6-8-17)9-11-12(18(20)21)3-4-13(15)16-11;1-2-22-13(19)17-7-5-9(6-8-17)15-11-4-3-10(18(20)21)12(14)16-11/h3-4,10H,2,5-9H2,1H3;3-4,9H,2,5-8H2,1H3,(H,15,16). The van der Waals surface area contributed by atoms with Crippen LogP contribution >= 0.6 is 23.2 Å². The average molecular weight is 657 g/mol. The largest absolute Gasteiger partial charge is 0.450 e. The lowest BCUT2D eigenvalue weighted by molar-refractivity contribution is -0.386. The van der Waals surface area contributed by atoms with Crippen LogP contribution in [0.2, 0.25) is 10.3 Å². The maximum Gasteiger partial charge on any atom is 0.409 e. The number of hydrogen-bond donors (Lipinski definition) is 1. The van der Waals surface area contributed by atoms with E-state index in [1.165, 1.54) is 24.3 Å². The lowest BCUT2D eigenvalue weighted by atomic mass is 9.91. The Hall–Kier alpha value is -3.98. The fraction of sp³-hybridized carbons (Fsp3) is 0.556. The number of nitrogens with one attached hydrogen (secondary N) is 1. The number of ether oxygens (including phenoxy) is 2. The molecule has 0 spiro atoms. The average Bonchev–Trinajstić information content (AvgIpc) is 2.98. The van der Waals surface area contributed by atoms with E-state index in [4.69, 9.17) is 32.7 Å². The van der Waals surface area contributed by atoms with Crippen molar-refractivity contribution in [3.8, 4) is 0 Å². The predicted molar refractivity (Wildman–Crippen MR) is 162 cm³/mol. The van der Waals surface area contributed by atoms with E-state index in [1.54, 1.807) is 23.6 Å². The highest BCUT2D eigenvalue weighted by Crippen LogP contribution is 2.27. The van der Waals surface area contributed by atoms with Crippen molar-refractivity contribution in [3.63, 3.8) is 0 Å². The number of rotatable bonds is 8. The van der Waals surface area contributed by atoms with Crippen molar-refractivity contribution in [2.75, 3.05) is 44.7 Å². The van der Waals surface area contributed by atoms with Crippen LogP contribution in [-0.4, -0.2) is 87.2 Å². The van der Waals surface area contributed by atoms with Gasteiger partial charge < -0.3 is 24.6 Å². The van der Waals surface area contributed by atoms with Gasteiger partial charge in [0.05, 0.1) is 23.1 Å². The number of likely N-dealkylation sites (tertiary alicyclic amines) is 2. The van der Waals surface area contributed by atoms with Crippen LogP contribution in [-0.2, 0) is 15.9 Å². The van der Waals surface area contributed by atoms with Gasteiger partial charge in [0, 0.05) is 44.4 Å². The van der Waals surface area contributed by atoms with Crippen molar-refractivity contribution < 1.29 is 28.9 Å². The number of amides is 2. The van der Waals surface area contributed by atoms with Gasteiger partial charge in [0.2, 0.25) is 5.15 Å². The lowest BCUT2D eigenvalue weighted by Crippen LogP contribution is -2.42. The van der Waals surface area contributed by atoms with Gasteiger partial charge in [-0.1, -0.05) is 23.2 Å². The fourth-order valence-corrected chi connectivity index (χ4v) is 5.25. The number of aromatic nitrogens is 2. The summed E-state index contributed by atoms with van der Waals surface area (Å²) in [5, 5.41) is 25.0. The number of anilines is 1. The van der Waals surface area contributed by atoms with E-state index in [2.05, 4.69) is 15.3 Å². The third-order valence-electron chi connectivity index (χ3n) is 7.13. The van der Waals surface area contributed by atoms with Crippen LogP contribution in [0.15, 0.2) is 24.3 Å². The molecule has 0 unspecified atom stereocenters. The summed E-state index contributed by atoms with van der Waals surface area (Å²) in [7, 11) is 0. The predicted octanol–water partition coefficient (Wildman–Crippen LogP) is 5.73. The zero-order valence-corrected chi connectivity index (χ0v) is 26.0. The molecule has 0 saturated carbocycles. The molecule has 0 aliphatic carbocycles. The molecule has 0 aromatic carbocycles. The highest BCUT2D eigenvalue weighted by Gasteiger charge is 2.27. The highest BCUT2D eigenvalue weighted by atomic mass is 35.5. The van der Waals surface area contributed by atoms with Crippen LogP contribution in [0.4, 0.5) is 26.8 Å². The summed E-state index contributed by atoms with van der Waals surface area (Å²) in [6.45, 7) is 6.65. The summed E-state index contributed by atoms with van der Waals surface area (Å²) < 4.78 is 9.93. The number of carbonyl (C=O) groups is 2. The minimum Gasteiger partial charge on any atom is -0.450 e. The number of nitro groups is 2. The van der Waals surface area contributed by atoms with E-state index >= 15 is 0 Å². The summed E-state index contributed by atoms with van der Waals surface area (Å²) >= 11 is 11.6. The summed E-state index contributed by atoms with van der Waals surface area (Å²) in [4.78, 5) is 55.4. The first kappa shape index (κ1) is 34.5. The minimum atomic E-state index is -0.572. The van der Waals surface area contributed by atoms with Crippen molar-refractivity contribution in [3.05, 3.63) is 60.5 Å². The number of hydrogen-bond acceptors (Lipinski definition) is 11. The van der Waals surface area contributed by atoms with E-state index in [9.17, 15) is 29.8 Å². The van der Waals surface area contributed by atoms with Crippen molar-refractivity contribution >= 4 is 52.6 Å². The van der Waals surface area contributed by atoms with Gasteiger partial charge in [0.15, 0.2) is 0 Å². The maximum absolute atomic E-state index is 11.6. The molecule has 0 atom stereocenters. The second-order valence-corrected chi connectivity index (χ2v) is 10.8. The van der Waals surface area contributed by atoms with Gasteiger partial charge >= 0.3 is 17.9 Å². The van der Waals surface area contributed by atoms with E-state index in [0.717, 1.165) is 25.7 Å². The van der Waals surface area contributed by atoms with E-state index < -0.39 is 9.85 Å². The van der Waals surface area contributed by atoms with E-state index in [-0.39, 0.29) is 45.8 Å². The molecule has 240 valence electrons. The summed E-state index contributed by atoms with van der Waals surface area (Å²) in [5.41, 5.74) is 0.189. The normalized spacial score (nSPS) is 15.5. The number of piperidine rings is 2. The lowest BCUT2D eigenvalue weighted by Gasteiger charge is -2.31. The van der Waals surface area contributed by atoms with Crippen LogP contribution in [0.3, 0.4) is 0 Å². The zero-order valence-electron chi connectivity index (χ0n) is 24.4. The quantitative estimate of drug-likeness (QED) is 0.208. The molecule has 1 N–H and O–H groups in total. The maximum atomic E-state index is 11.6. The minimum absolute atomic E-state index is 0.00257. The Morgan fingerprint density at radius 3 is 1.89 bits per heavy atom. The Labute approximate surface area is 264 Å². The van der Waals surface area contributed by atoms with Crippen LogP contribution in [0, 0.1) is 26.1 Å². The van der Waals surface area contributed by atoms with Gasteiger partial charge in [0.25, 0.3) is 5.69 Å². The molecule has 4 heterocycles. The van der Waals surface area contributed by atoms with Gasteiger partial charge in [-0.05, 0) is 64.0 Å². The van der Waals surface area contributed by atoms with E-state index in [1.807, 2.05) is 0 Å². The summed E-state index contributed by atoms with van der Waals surface area (Å²) in [6.07, 6.45) is 2.93.